The van der Waals surface area contributed by atoms with Gasteiger partial charge in [0.1, 0.15) is 11.6 Å². The maximum absolute atomic E-state index is 13.4. The van der Waals surface area contributed by atoms with Gasteiger partial charge in [-0.3, -0.25) is 4.79 Å². The Morgan fingerprint density at radius 3 is 2.83 bits per heavy atom. The lowest BCUT2D eigenvalue weighted by atomic mass is 10.1. The van der Waals surface area contributed by atoms with Crippen LogP contribution in [0, 0.1) is 11.6 Å². The van der Waals surface area contributed by atoms with Crippen LogP contribution in [0.2, 0.25) is 0 Å². The van der Waals surface area contributed by atoms with Crippen LogP contribution in [0.3, 0.4) is 0 Å². The molecule has 0 bridgehead atoms. The normalized spacial score (nSPS) is 12.4. The lowest BCUT2D eigenvalue weighted by Crippen LogP contribution is -2.15. The number of carbonyl (C=O) groups excluding carboxylic acids is 1. The van der Waals surface area contributed by atoms with Crippen LogP contribution >= 0.6 is 11.8 Å². The minimum absolute atomic E-state index is 0.108. The van der Waals surface area contributed by atoms with Gasteiger partial charge in [-0.2, -0.15) is 0 Å². The summed E-state index contributed by atoms with van der Waals surface area (Å²) >= 11 is 1.19. The van der Waals surface area contributed by atoms with Crippen LogP contribution in [0.15, 0.2) is 35.7 Å². The molecule has 1 heterocycles. The fourth-order valence-electron chi connectivity index (χ4n) is 1.44. The first-order valence-corrected chi connectivity index (χ1v) is 6.11. The smallest absolute Gasteiger partial charge is 0.178 e. The Hall–Kier alpha value is -1.69. The third-order valence-corrected chi connectivity index (χ3v) is 3.34. The monoisotopic (exact) mass is 268 g/mol. The Morgan fingerprint density at radius 1 is 1.44 bits per heavy atom. The summed E-state index contributed by atoms with van der Waals surface area (Å²) in [4.78, 5) is 18.8. The van der Waals surface area contributed by atoms with E-state index in [-0.39, 0.29) is 5.56 Å². The van der Waals surface area contributed by atoms with E-state index in [4.69, 9.17) is 0 Å². The molecule has 3 nitrogen and oxygen atoms in total. The molecule has 0 saturated heterocycles. The first-order valence-electron chi connectivity index (χ1n) is 5.23. The maximum Gasteiger partial charge on any atom is 0.178 e. The van der Waals surface area contributed by atoms with E-state index >= 15 is 0 Å². The molecule has 0 fully saturated rings. The first-order chi connectivity index (χ1) is 8.58. The van der Waals surface area contributed by atoms with E-state index in [1.807, 2.05) is 0 Å². The van der Waals surface area contributed by atoms with E-state index in [1.165, 1.54) is 11.8 Å². The summed E-state index contributed by atoms with van der Waals surface area (Å²) in [5, 5.41) is 0.0782. The molecule has 18 heavy (non-hydrogen) atoms. The molecule has 0 aliphatic heterocycles. The number of nitrogens with one attached hydrogen (secondary N) is 1. The average Bonchev–Trinajstić information content (AvgIpc) is 2.81. The number of thioether (sulfide) groups is 1. The number of aromatic amines is 1. The molecule has 0 aliphatic carbocycles. The predicted octanol–water partition coefficient (Wildman–Crippen LogP) is 3.05. The molecule has 2 rings (SSSR count). The molecule has 0 aliphatic rings. The zero-order chi connectivity index (χ0) is 13.1. The van der Waals surface area contributed by atoms with Gasteiger partial charge in [0.15, 0.2) is 10.9 Å². The first kappa shape index (κ1) is 12.8. The highest BCUT2D eigenvalue weighted by Crippen LogP contribution is 2.23. The number of hydrogen-bond donors (Lipinski definition) is 1. The molecule has 0 saturated carbocycles. The maximum atomic E-state index is 13.4. The molecule has 1 aromatic heterocycles. The molecule has 1 aromatic carbocycles. The van der Waals surface area contributed by atoms with Gasteiger partial charge in [0, 0.05) is 18.5 Å². The van der Waals surface area contributed by atoms with Crippen molar-refractivity contribution in [3.63, 3.8) is 0 Å². The number of rotatable bonds is 4. The summed E-state index contributed by atoms with van der Waals surface area (Å²) in [7, 11) is 0. The van der Waals surface area contributed by atoms with Gasteiger partial charge in [-0.25, -0.2) is 13.8 Å². The number of imidazole rings is 1. The summed E-state index contributed by atoms with van der Waals surface area (Å²) in [6, 6.07) is 2.93. The lowest BCUT2D eigenvalue weighted by molar-refractivity contribution is 0.0990. The SMILES string of the molecule is CC(Sc1ncc[nH]1)C(=O)c1ccc(F)cc1F. The average molecular weight is 268 g/mol. The second-order valence-corrected chi connectivity index (χ2v) is 4.97. The summed E-state index contributed by atoms with van der Waals surface area (Å²) in [6.07, 6.45) is 3.20. The number of benzene rings is 1. The molecular formula is C12H10F2N2OS. The van der Waals surface area contributed by atoms with E-state index in [1.54, 1.807) is 19.3 Å². The van der Waals surface area contributed by atoms with Crippen LogP contribution in [-0.2, 0) is 0 Å². The number of ketones is 1. The second-order valence-electron chi connectivity index (χ2n) is 3.64. The summed E-state index contributed by atoms with van der Waals surface area (Å²) in [6.45, 7) is 1.65. The Morgan fingerprint density at radius 2 is 2.22 bits per heavy atom. The fourth-order valence-corrected chi connectivity index (χ4v) is 2.27. The van der Waals surface area contributed by atoms with Crippen LogP contribution in [0.5, 0.6) is 0 Å². The summed E-state index contributed by atoms with van der Waals surface area (Å²) < 4.78 is 26.2. The number of carbonyl (C=O) groups is 1. The Bertz CT molecular complexity index is 557. The van der Waals surface area contributed by atoms with Crippen molar-refractivity contribution < 1.29 is 13.6 Å². The number of Topliss-reactive ketones (excluding diaryl/α,β-unsaturated/α-hetero) is 1. The highest BCUT2D eigenvalue weighted by molar-refractivity contribution is 8.00. The fraction of sp³-hybridized carbons (Fsp3) is 0.167. The van der Waals surface area contributed by atoms with Crippen molar-refractivity contribution in [2.24, 2.45) is 0 Å². The zero-order valence-electron chi connectivity index (χ0n) is 9.48. The van der Waals surface area contributed by atoms with Crippen molar-refractivity contribution >= 4 is 17.5 Å². The van der Waals surface area contributed by atoms with Crippen molar-refractivity contribution in [2.75, 3.05) is 0 Å². The second kappa shape index (κ2) is 5.30. The Kier molecular flexibility index (Phi) is 3.76. The van der Waals surface area contributed by atoms with E-state index in [0.29, 0.717) is 11.2 Å². The van der Waals surface area contributed by atoms with Gasteiger partial charge in [-0.05, 0) is 19.1 Å². The van der Waals surface area contributed by atoms with Crippen molar-refractivity contribution in [1.82, 2.24) is 9.97 Å². The number of nitrogens with zero attached hydrogens (tertiary/aromatic N) is 1. The van der Waals surface area contributed by atoms with Crippen LogP contribution in [0.25, 0.3) is 0 Å². The van der Waals surface area contributed by atoms with Gasteiger partial charge < -0.3 is 4.98 Å². The third-order valence-electron chi connectivity index (χ3n) is 2.33. The molecule has 1 atom stereocenters. The zero-order valence-corrected chi connectivity index (χ0v) is 10.3. The van der Waals surface area contributed by atoms with E-state index in [0.717, 1.165) is 12.1 Å². The molecule has 1 N–H and O–H groups in total. The van der Waals surface area contributed by atoms with Gasteiger partial charge in [0.2, 0.25) is 0 Å². The lowest BCUT2D eigenvalue weighted by Gasteiger charge is -2.09. The summed E-state index contributed by atoms with van der Waals surface area (Å²) in [5.74, 6) is -1.93. The van der Waals surface area contributed by atoms with Crippen molar-refractivity contribution in [3.8, 4) is 0 Å². The third kappa shape index (κ3) is 2.76. The highest BCUT2D eigenvalue weighted by Gasteiger charge is 2.20. The molecule has 94 valence electrons. The van der Waals surface area contributed by atoms with Crippen LogP contribution in [0.1, 0.15) is 17.3 Å². The van der Waals surface area contributed by atoms with Crippen LogP contribution < -0.4 is 0 Å². The van der Waals surface area contributed by atoms with Crippen molar-refractivity contribution in [1.29, 1.82) is 0 Å². The molecule has 1 unspecified atom stereocenters. The van der Waals surface area contributed by atoms with Gasteiger partial charge in [-0.1, -0.05) is 11.8 Å². The Balaban J connectivity index is 2.15. The number of hydrogen-bond acceptors (Lipinski definition) is 3. The quantitative estimate of drug-likeness (QED) is 0.684. The number of halogens is 2. The molecular weight excluding hydrogens is 258 g/mol. The summed E-state index contributed by atoms with van der Waals surface area (Å²) in [5.41, 5.74) is -0.108. The van der Waals surface area contributed by atoms with Gasteiger partial charge >= 0.3 is 0 Å². The van der Waals surface area contributed by atoms with Crippen LogP contribution in [0.4, 0.5) is 8.78 Å². The standard InChI is InChI=1S/C12H10F2N2OS/c1-7(18-12-15-4-5-16-12)11(17)9-3-2-8(13)6-10(9)14/h2-7H,1H3,(H,15,16). The number of aromatic nitrogens is 2. The molecule has 0 amide bonds. The largest absolute Gasteiger partial charge is 0.340 e. The van der Waals surface area contributed by atoms with Crippen molar-refractivity contribution in [2.45, 2.75) is 17.3 Å². The van der Waals surface area contributed by atoms with Gasteiger partial charge in [0.25, 0.3) is 0 Å². The van der Waals surface area contributed by atoms with E-state index < -0.39 is 22.7 Å². The van der Waals surface area contributed by atoms with Crippen LogP contribution in [-0.4, -0.2) is 21.0 Å². The molecule has 2 aromatic rings. The molecule has 6 heteroatoms. The van der Waals surface area contributed by atoms with E-state index in [9.17, 15) is 13.6 Å². The van der Waals surface area contributed by atoms with Gasteiger partial charge in [0.05, 0.1) is 10.8 Å². The topological polar surface area (TPSA) is 45.8 Å². The molecule has 0 spiro atoms. The van der Waals surface area contributed by atoms with Crippen molar-refractivity contribution in [3.05, 3.63) is 47.8 Å². The number of H-pyrrole nitrogens is 1. The Labute approximate surface area is 107 Å². The van der Waals surface area contributed by atoms with Gasteiger partial charge in [-0.15, -0.1) is 0 Å². The minimum atomic E-state index is -0.841. The molecule has 0 radical (unpaired) electrons. The van der Waals surface area contributed by atoms with E-state index in [2.05, 4.69) is 9.97 Å². The highest BCUT2D eigenvalue weighted by atomic mass is 32.2. The minimum Gasteiger partial charge on any atom is -0.340 e. The predicted molar refractivity (Wildman–Crippen MR) is 64.6 cm³/mol.